The predicted molar refractivity (Wildman–Crippen MR) is 126 cm³/mol. The molecule has 0 unspecified atom stereocenters. The van der Waals surface area contributed by atoms with Crippen LogP contribution in [0.2, 0.25) is 5.02 Å². The summed E-state index contributed by atoms with van der Waals surface area (Å²) >= 11 is 5.94. The van der Waals surface area contributed by atoms with Crippen LogP contribution in [-0.4, -0.2) is 32.5 Å². The Morgan fingerprint density at radius 3 is 2.42 bits per heavy atom. The van der Waals surface area contributed by atoms with E-state index in [0.717, 1.165) is 15.9 Å². The van der Waals surface area contributed by atoms with Crippen molar-refractivity contribution in [3.63, 3.8) is 0 Å². The lowest BCUT2D eigenvalue weighted by Gasteiger charge is -2.32. The molecule has 3 aromatic carbocycles. The van der Waals surface area contributed by atoms with Gasteiger partial charge in [-0.1, -0.05) is 23.7 Å². The standard InChI is InChI=1S/C23H19ClFN3O4S/c1-14-5-6-17(12-21(14)27-22(29)15-3-2-4-16(24)11-15)26-23(30)19-8-7-18(13-20(19)25)28-9-10-33(28,31)32/h2-8,11-13H,9-10H2,1H3,(H,26,30)(H,27,29). The molecule has 4 rings (SSSR count). The Morgan fingerprint density at radius 1 is 1.00 bits per heavy atom. The molecule has 1 aliphatic heterocycles. The van der Waals surface area contributed by atoms with Gasteiger partial charge in [0, 0.05) is 28.5 Å². The predicted octanol–water partition coefficient (Wildman–Crippen LogP) is 4.44. The minimum Gasteiger partial charge on any atom is -0.322 e. The summed E-state index contributed by atoms with van der Waals surface area (Å²) < 4.78 is 39.1. The lowest BCUT2D eigenvalue weighted by Crippen LogP contribution is -2.47. The molecule has 0 saturated carbocycles. The molecule has 3 aromatic rings. The first kappa shape index (κ1) is 22.8. The van der Waals surface area contributed by atoms with Crippen molar-refractivity contribution < 1.29 is 22.4 Å². The maximum atomic E-state index is 14.6. The molecule has 1 aliphatic rings. The van der Waals surface area contributed by atoms with E-state index in [9.17, 15) is 22.4 Å². The first-order valence-electron chi connectivity index (χ1n) is 9.93. The summed E-state index contributed by atoms with van der Waals surface area (Å²) in [4.78, 5) is 25.1. The molecular weight excluding hydrogens is 469 g/mol. The van der Waals surface area contributed by atoms with Crippen LogP contribution in [0.1, 0.15) is 26.3 Å². The second-order valence-electron chi connectivity index (χ2n) is 7.50. The molecule has 0 radical (unpaired) electrons. The van der Waals surface area contributed by atoms with Gasteiger partial charge >= 0.3 is 0 Å². The number of rotatable bonds is 5. The molecule has 0 atom stereocenters. The van der Waals surface area contributed by atoms with Crippen molar-refractivity contribution in [1.82, 2.24) is 0 Å². The number of nitrogens with zero attached hydrogens (tertiary/aromatic N) is 1. The molecule has 2 N–H and O–H groups in total. The molecular formula is C23H19ClFN3O4S. The van der Waals surface area contributed by atoms with Crippen LogP contribution in [0.4, 0.5) is 21.5 Å². The number of carbonyl (C=O) groups is 2. The summed E-state index contributed by atoms with van der Waals surface area (Å²) in [6.07, 6.45) is 0. The van der Waals surface area contributed by atoms with E-state index in [-0.39, 0.29) is 29.5 Å². The molecule has 1 fully saturated rings. The van der Waals surface area contributed by atoms with Gasteiger partial charge in [0.05, 0.1) is 17.0 Å². The van der Waals surface area contributed by atoms with Crippen molar-refractivity contribution in [2.75, 3.05) is 27.2 Å². The van der Waals surface area contributed by atoms with E-state index in [2.05, 4.69) is 10.6 Å². The van der Waals surface area contributed by atoms with Gasteiger partial charge in [0.2, 0.25) is 10.0 Å². The zero-order chi connectivity index (χ0) is 23.8. The molecule has 0 bridgehead atoms. The van der Waals surface area contributed by atoms with Crippen molar-refractivity contribution in [3.8, 4) is 0 Å². The van der Waals surface area contributed by atoms with Crippen LogP contribution in [0.3, 0.4) is 0 Å². The molecule has 0 spiro atoms. The van der Waals surface area contributed by atoms with Gasteiger partial charge < -0.3 is 10.6 Å². The normalized spacial score (nSPS) is 14.3. The molecule has 170 valence electrons. The SMILES string of the molecule is Cc1ccc(NC(=O)c2ccc(N3CCS3(=O)=O)cc2F)cc1NC(=O)c1cccc(Cl)c1. The molecule has 10 heteroatoms. The first-order chi connectivity index (χ1) is 15.6. The van der Waals surface area contributed by atoms with Crippen LogP contribution < -0.4 is 14.9 Å². The maximum Gasteiger partial charge on any atom is 0.258 e. The zero-order valence-corrected chi connectivity index (χ0v) is 19.0. The highest BCUT2D eigenvalue weighted by Gasteiger charge is 2.33. The lowest BCUT2D eigenvalue weighted by molar-refractivity contribution is 0.101. The van der Waals surface area contributed by atoms with Gasteiger partial charge in [-0.2, -0.15) is 0 Å². The van der Waals surface area contributed by atoms with E-state index in [0.29, 0.717) is 22.0 Å². The van der Waals surface area contributed by atoms with E-state index in [4.69, 9.17) is 11.6 Å². The van der Waals surface area contributed by atoms with Gasteiger partial charge in [-0.05, 0) is 61.0 Å². The summed E-state index contributed by atoms with van der Waals surface area (Å²) in [5.74, 6) is -1.90. The van der Waals surface area contributed by atoms with Crippen molar-refractivity contribution in [3.05, 3.63) is 88.2 Å². The van der Waals surface area contributed by atoms with Crippen LogP contribution in [0.5, 0.6) is 0 Å². The topological polar surface area (TPSA) is 95.6 Å². The quantitative estimate of drug-likeness (QED) is 0.556. The summed E-state index contributed by atoms with van der Waals surface area (Å²) in [7, 11) is -3.39. The molecule has 0 aromatic heterocycles. The monoisotopic (exact) mass is 487 g/mol. The lowest BCUT2D eigenvalue weighted by atomic mass is 10.1. The number of benzene rings is 3. The fourth-order valence-electron chi connectivity index (χ4n) is 3.32. The van der Waals surface area contributed by atoms with Crippen molar-refractivity contribution in [2.45, 2.75) is 6.92 Å². The minimum atomic E-state index is -3.39. The number of nitrogens with one attached hydrogen (secondary N) is 2. The van der Waals surface area contributed by atoms with Gasteiger partial charge in [0.25, 0.3) is 11.8 Å². The van der Waals surface area contributed by atoms with E-state index < -0.39 is 21.7 Å². The Morgan fingerprint density at radius 2 is 1.79 bits per heavy atom. The number of carbonyl (C=O) groups excluding carboxylic acids is 2. The van der Waals surface area contributed by atoms with E-state index in [1.54, 1.807) is 43.3 Å². The summed E-state index contributed by atoms with van der Waals surface area (Å²) in [5, 5.41) is 5.80. The fourth-order valence-corrected chi connectivity index (χ4v) is 4.61. The van der Waals surface area contributed by atoms with Gasteiger partial charge in [-0.25, -0.2) is 12.8 Å². The molecule has 0 aliphatic carbocycles. The van der Waals surface area contributed by atoms with Gasteiger partial charge in [-0.15, -0.1) is 0 Å². The van der Waals surface area contributed by atoms with Crippen molar-refractivity contribution in [2.24, 2.45) is 0 Å². The maximum absolute atomic E-state index is 14.6. The Bertz CT molecular complexity index is 1380. The van der Waals surface area contributed by atoms with Crippen LogP contribution in [0, 0.1) is 12.7 Å². The van der Waals surface area contributed by atoms with Gasteiger partial charge in [-0.3, -0.25) is 13.9 Å². The van der Waals surface area contributed by atoms with Crippen LogP contribution >= 0.6 is 11.6 Å². The molecule has 1 heterocycles. The third-order valence-electron chi connectivity index (χ3n) is 5.20. The summed E-state index contributed by atoms with van der Waals surface area (Å²) in [5.41, 5.74) is 1.90. The third kappa shape index (κ3) is 4.84. The Hall–Kier alpha value is -3.43. The highest BCUT2D eigenvalue weighted by Crippen LogP contribution is 2.27. The average Bonchev–Trinajstić information content (AvgIpc) is 2.75. The fraction of sp³-hybridized carbons (Fsp3) is 0.130. The molecule has 2 amide bonds. The largest absolute Gasteiger partial charge is 0.322 e. The number of hydrogen-bond acceptors (Lipinski definition) is 4. The highest BCUT2D eigenvalue weighted by atomic mass is 35.5. The molecule has 33 heavy (non-hydrogen) atoms. The van der Waals surface area contributed by atoms with Crippen molar-refractivity contribution in [1.29, 1.82) is 0 Å². The average molecular weight is 488 g/mol. The highest BCUT2D eigenvalue weighted by molar-refractivity contribution is 7.94. The number of aryl methyl sites for hydroxylation is 1. The third-order valence-corrected chi connectivity index (χ3v) is 7.20. The van der Waals surface area contributed by atoms with E-state index >= 15 is 0 Å². The smallest absolute Gasteiger partial charge is 0.258 e. The van der Waals surface area contributed by atoms with Crippen molar-refractivity contribution >= 4 is 50.5 Å². The van der Waals surface area contributed by atoms with Gasteiger partial charge in [0.1, 0.15) is 5.82 Å². The second-order valence-corrected chi connectivity index (χ2v) is 9.95. The number of sulfonamides is 1. The first-order valence-corrected chi connectivity index (χ1v) is 11.9. The Balaban J connectivity index is 1.50. The number of halogens is 2. The molecule has 7 nitrogen and oxygen atoms in total. The van der Waals surface area contributed by atoms with Crippen LogP contribution in [0.25, 0.3) is 0 Å². The van der Waals surface area contributed by atoms with Gasteiger partial charge in [0.15, 0.2) is 0 Å². The number of amides is 2. The minimum absolute atomic E-state index is 0.0143. The van der Waals surface area contributed by atoms with Crippen LogP contribution in [-0.2, 0) is 10.0 Å². The number of hydrogen-bond donors (Lipinski definition) is 2. The van der Waals surface area contributed by atoms with E-state index in [1.165, 1.54) is 18.2 Å². The van der Waals surface area contributed by atoms with Crippen LogP contribution in [0.15, 0.2) is 60.7 Å². The van der Waals surface area contributed by atoms with E-state index in [1.807, 2.05) is 0 Å². The number of anilines is 3. The summed E-state index contributed by atoms with van der Waals surface area (Å²) in [6, 6.07) is 15.0. The Kier molecular flexibility index (Phi) is 6.09. The zero-order valence-electron chi connectivity index (χ0n) is 17.4. The summed E-state index contributed by atoms with van der Waals surface area (Å²) in [6.45, 7) is 2.07. The molecule has 1 saturated heterocycles. The second kappa shape index (κ2) is 8.84. The Labute approximate surface area is 195 Å².